The highest BCUT2D eigenvalue weighted by Crippen LogP contribution is 2.18. The summed E-state index contributed by atoms with van der Waals surface area (Å²) < 4.78 is 17.7. The Hall–Kier alpha value is -1.56. The van der Waals surface area contributed by atoms with Gasteiger partial charge in [0.05, 0.1) is 13.2 Å². The highest BCUT2D eigenvalue weighted by atomic mass is 19.1. The van der Waals surface area contributed by atoms with E-state index in [9.17, 15) is 4.39 Å². The van der Waals surface area contributed by atoms with Crippen molar-refractivity contribution in [1.82, 2.24) is 0 Å². The van der Waals surface area contributed by atoms with Crippen LogP contribution in [0.2, 0.25) is 0 Å². The van der Waals surface area contributed by atoms with Gasteiger partial charge < -0.3 is 4.74 Å². The molecule has 1 aromatic carbocycles. The van der Waals surface area contributed by atoms with Gasteiger partial charge >= 0.3 is 0 Å². The van der Waals surface area contributed by atoms with Crippen LogP contribution in [0.1, 0.15) is 12.0 Å². The van der Waals surface area contributed by atoms with E-state index >= 15 is 0 Å². The van der Waals surface area contributed by atoms with Gasteiger partial charge in [0.25, 0.3) is 0 Å². The van der Waals surface area contributed by atoms with Crippen LogP contribution in [-0.2, 0) is 6.42 Å². The zero-order valence-electron chi connectivity index (χ0n) is 7.38. The molecule has 0 fully saturated rings. The molecule has 3 heteroatoms. The first kappa shape index (κ1) is 9.53. The second-order valence-electron chi connectivity index (χ2n) is 2.63. The van der Waals surface area contributed by atoms with Crippen LogP contribution < -0.4 is 4.74 Å². The zero-order valence-corrected chi connectivity index (χ0v) is 7.38. The molecule has 0 atom stereocenters. The number of rotatable bonds is 3. The van der Waals surface area contributed by atoms with Gasteiger partial charge in [0.2, 0.25) is 0 Å². The number of nitrogens with zero attached hydrogens (tertiary/aromatic N) is 1. The van der Waals surface area contributed by atoms with Gasteiger partial charge in [-0.15, -0.1) is 0 Å². The summed E-state index contributed by atoms with van der Waals surface area (Å²) in [5.41, 5.74) is 0.916. The lowest BCUT2D eigenvalue weighted by atomic mass is 10.1. The molecule has 0 heterocycles. The Balaban J connectivity index is 2.81. The minimum absolute atomic E-state index is 0.232. The molecular formula is C10H10FNO. The molecule has 1 aromatic rings. The van der Waals surface area contributed by atoms with Crippen molar-refractivity contribution in [3.8, 4) is 11.8 Å². The molecule has 2 nitrogen and oxygen atoms in total. The van der Waals surface area contributed by atoms with Crippen molar-refractivity contribution >= 4 is 0 Å². The molecule has 0 bridgehead atoms. The van der Waals surface area contributed by atoms with Crippen molar-refractivity contribution in [2.45, 2.75) is 12.8 Å². The lowest BCUT2D eigenvalue weighted by Crippen LogP contribution is -1.91. The molecule has 0 aliphatic carbocycles. The van der Waals surface area contributed by atoms with E-state index in [2.05, 4.69) is 0 Å². The molecule has 68 valence electrons. The molecule has 0 aromatic heterocycles. The molecular weight excluding hydrogens is 169 g/mol. The van der Waals surface area contributed by atoms with Gasteiger partial charge in [0, 0.05) is 6.42 Å². The van der Waals surface area contributed by atoms with E-state index < -0.39 is 0 Å². The number of nitriles is 1. The smallest absolute Gasteiger partial charge is 0.165 e. The first-order valence-electron chi connectivity index (χ1n) is 3.97. The Morgan fingerprint density at radius 3 is 2.92 bits per heavy atom. The van der Waals surface area contributed by atoms with Crippen molar-refractivity contribution in [3.05, 3.63) is 29.6 Å². The average Bonchev–Trinajstić information content (AvgIpc) is 2.16. The number of aryl methyl sites for hydroxylation is 1. The highest BCUT2D eigenvalue weighted by Gasteiger charge is 2.02. The van der Waals surface area contributed by atoms with Gasteiger partial charge in [-0.05, 0) is 24.1 Å². The second-order valence-corrected chi connectivity index (χ2v) is 2.63. The predicted molar refractivity (Wildman–Crippen MR) is 46.9 cm³/mol. The van der Waals surface area contributed by atoms with Gasteiger partial charge in [-0.2, -0.15) is 5.26 Å². The van der Waals surface area contributed by atoms with Crippen LogP contribution in [-0.4, -0.2) is 7.11 Å². The molecule has 0 saturated carbocycles. The molecule has 0 radical (unpaired) electrons. The monoisotopic (exact) mass is 179 g/mol. The maximum atomic E-state index is 12.9. The van der Waals surface area contributed by atoms with Crippen molar-refractivity contribution in [2.75, 3.05) is 7.11 Å². The van der Waals surface area contributed by atoms with E-state index in [1.165, 1.54) is 13.2 Å². The molecule has 13 heavy (non-hydrogen) atoms. The third-order valence-electron chi connectivity index (χ3n) is 1.74. The Labute approximate surface area is 76.6 Å². The molecule has 0 aliphatic heterocycles. The standard InChI is InChI=1S/C10H10FNO/c1-13-10-7-8(3-2-6-12)4-5-9(10)11/h4-5,7H,2-3H2,1H3. The number of ether oxygens (including phenoxy) is 1. The van der Waals surface area contributed by atoms with Gasteiger partial charge in [-0.3, -0.25) is 0 Å². The Kier molecular flexibility index (Phi) is 3.27. The Morgan fingerprint density at radius 1 is 1.54 bits per heavy atom. The predicted octanol–water partition coefficient (Wildman–Crippen LogP) is 2.29. The van der Waals surface area contributed by atoms with Crippen molar-refractivity contribution in [2.24, 2.45) is 0 Å². The molecule has 0 spiro atoms. The Morgan fingerprint density at radius 2 is 2.31 bits per heavy atom. The average molecular weight is 179 g/mol. The molecule has 0 saturated heterocycles. The second kappa shape index (κ2) is 4.46. The maximum absolute atomic E-state index is 12.9. The largest absolute Gasteiger partial charge is 0.494 e. The van der Waals surface area contributed by atoms with E-state index in [4.69, 9.17) is 10.00 Å². The summed E-state index contributed by atoms with van der Waals surface area (Å²) in [7, 11) is 1.42. The minimum Gasteiger partial charge on any atom is -0.494 e. The van der Waals surface area contributed by atoms with Crippen LogP contribution >= 0.6 is 0 Å². The highest BCUT2D eigenvalue weighted by molar-refractivity contribution is 5.30. The van der Waals surface area contributed by atoms with E-state index in [0.29, 0.717) is 12.8 Å². The molecule has 0 amide bonds. The van der Waals surface area contributed by atoms with Crippen LogP contribution in [0.4, 0.5) is 4.39 Å². The minimum atomic E-state index is -0.372. The van der Waals surface area contributed by atoms with Crippen LogP contribution in [0.25, 0.3) is 0 Å². The van der Waals surface area contributed by atoms with Crippen molar-refractivity contribution < 1.29 is 9.13 Å². The summed E-state index contributed by atoms with van der Waals surface area (Å²) in [4.78, 5) is 0. The third-order valence-corrected chi connectivity index (χ3v) is 1.74. The summed E-state index contributed by atoms with van der Waals surface area (Å²) in [6.07, 6.45) is 1.07. The summed E-state index contributed by atoms with van der Waals surface area (Å²) in [5, 5.41) is 8.35. The molecule has 0 aliphatic rings. The summed E-state index contributed by atoms with van der Waals surface area (Å²) in [6, 6.07) is 6.67. The van der Waals surface area contributed by atoms with Crippen molar-refractivity contribution in [3.63, 3.8) is 0 Å². The van der Waals surface area contributed by atoms with Gasteiger partial charge in [-0.1, -0.05) is 6.07 Å². The first-order valence-corrected chi connectivity index (χ1v) is 3.97. The fraction of sp³-hybridized carbons (Fsp3) is 0.300. The zero-order chi connectivity index (χ0) is 9.68. The maximum Gasteiger partial charge on any atom is 0.165 e. The number of benzene rings is 1. The fourth-order valence-electron chi connectivity index (χ4n) is 1.06. The van der Waals surface area contributed by atoms with Gasteiger partial charge in [-0.25, -0.2) is 4.39 Å². The first-order chi connectivity index (χ1) is 6.27. The number of hydrogen-bond donors (Lipinski definition) is 0. The molecule has 0 unspecified atom stereocenters. The third kappa shape index (κ3) is 2.45. The fourth-order valence-corrected chi connectivity index (χ4v) is 1.06. The van der Waals surface area contributed by atoms with E-state index in [1.807, 2.05) is 6.07 Å². The van der Waals surface area contributed by atoms with Gasteiger partial charge in [0.1, 0.15) is 0 Å². The lowest BCUT2D eigenvalue weighted by Gasteiger charge is -2.03. The topological polar surface area (TPSA) is 33.0 Å². The van der Waals surface area contributed by atoms with Crippen molar-refractivity contribution in [1.29, 1.82) is 5.26 Å². The number of methoxy groups -OCH3 is 1. The quantitative estimate of drug-likeness (QED) is 0.713. The summed E-state index contributed by atoms with van der Waals surface area (Å²) in [5.74, 6) is -0.140. The number of hydrogen-bond acceptors (Lipinski definition) is 2. The molecule has 0 N–H and O–H groups in total. The summed E-state index contributed by atoms with van der Waals surface area (Å²) in [6.45, 7) is 0. The van der Waals surface area contributed by atoms with Crippen LogP contribution in [0.15, 0.2) is 18.2 Å². The Bertz CT molecular complexity index is 330. The normalized spacial score (nSPS) is 9.31. The summed E-state index contributed by atoms with van der Waals surface area (Å²) >= 11 is 0. The number of halogens is 1. The molecule has 1 rings (SSSR count). The van der Waals surface area contributed by atoms with Crippen LogP contribution in [0.3, 0.4) is 0 Å². The SMILES string of the molecule is COc1cc(CCC#N)ccc1F. The van der Waals surface area contributed by atoms with E-state index in [0.717, 1.165) is 5.56 Å². The van der Waals surface area contributed by atoms with E-state index in [1.54, 1.807) is 12.1 Å². The van der Waals surface area contributed by atoms with Crippen LogP contribution in [0, 0.1) is 17.1 Å². The van der Waals surface area contributed by atoms with E-state index in [-0.39, 0.29) is 11.6 Å². The lowest BCUT2D eigenvalue weighted by molar-refractivity contribution is 0.386. The van der Waals surface area contributed by atoms with Crippen LogP contribution in [0.5, 0.6) is 5.75 Å². The van der Waals surface area contributed by atoms with Gasteiger partial charge in [0.15, 0.2) is 11.6 Å².